The van der Waals surface area contributed by atoms with Gasteiger partial charge in [0.05, 0.1) is 12.0 Å². The van der Waals surface area contributed by atoms with Crippen molar-refractivity contribution in [2.45, 2.75) is 0 Å². The fourth-order valence-electron chi connectivity index (χ4n) is 7.05. The molecule has 244 valence electrons. The fraction of sp³-hybridized carbons (Fsp3) is 0.0238. The van der Waals surface area contributed by atoms with Crippen molar-refractivity contribution < 1.29 is 25.5 Å². The zero-order valence-corrected chi connectivity index (χ0v) is 29.0. The first kappa shape index (κ1) is 30.2. The van der Waals surface area contributed by atoms with Gasteiger partial charge in [0.2, 0.25) is 0 Å². The van der Waals surface area contributed by atoms with Gasteiger partial charge in [-0.25, -0.2) is 4.98 Å². The SMILES string of the molecule is CN1C=NN(c2[c-]c(N(c3[c-]c4c(cc3)c3ccccc3n4-c3ccccn3)c3cc4ccccc4c4c3oc3ccccc34)ccc2)[CH-]1.[Pt]. The Kier molecular flexibility index (Phi) is 7.18. The fourth-order valence-corrected chi connectivity index (χ4v) is 7.05. The van der Waals surface area contributed by atoms with E-state index in [4.69, 9.17) is 9.40 Å². The van der Waals surface area contributed by atoms with E-state index in [0.717, 1.165) is 83.1 Å². The minimum atomic E-state index is 0. The van der Waals surface area contributed by atoms with Gasteiger partial charge in [-0.05, 0) is 53.5 Å². The summed E-state index contributed by atoms with van der Waals surface area (Å²) in [5.74, 6) is 0.833. The van der Waals surface area contributed by atoms with Gasteiger partial charge in [0.1, 0.15) is 11.4 Å². The molecule has 0 saturated heterocycles. The van der Waals surface area contributed by atoms with E-state index in [-0.39, 0.29) is 21.1 Å². The average Bonchev–Trinajstić information content (AvgIpc) is 3.86. The number of furan rings is 1. The molecule has 4 heterocycles. The van der Waals surface area contributed by atoms with E-state index in [1.54, 1.807) is 6.34 Å². The number of hydrogen-bond acceptors (Lipinski definition) is 6. The number of aromatic nitrogens is 2. The van der Waals surface area contributed by atoms with Gasteiger partial charge in [0, 0.05) is 43.6 Å². The first-order valence-corrected chi connectivity index (χ1v) is 16.1. The van der Waals surface area contributed by atoms with Gasteiger partial charge < -0.3 is 23.8 Å². The maximum Gasteiger partial charge on any atom is 0.159 e. The summed E-state index contributed by atoms with van der Waals surface area (Å²) in [7, 11) is 1.96. The molecular formula is C42H27N6OPt-3. The summed E-state index contributed by atoms with van der Waals surface area (Å²) in [6.45, 7) is 1.93. The molecule has 0 fully saturated rings. The molecule has 8 heteroatoms. The number of benzene rings is 6. The molecule has 0 radical (unpaired) electrons. The van der Waals surface area contributed by atoms with Gasteiger partial charge in [-0.2, -0.15) is 17.2 Å². The summed E-state index contributed by atoms with van der Waals surface area (Å²) < 4.78 is 8.94. The van der Waals surface area contributed by atoms with E-state index in [0.29, 0.717) is 0 Å². The molecule has 10 rings (SSSR count). The van der Waals surface area contributed by atoms with Crippen LogP contribution in [-0.4, -0.2) is 27.8 Å². The molecule has 0 saturated carbocycles. The number of hydrazone groups is 1. The Bertz CT molecular complexity index is 2750. The standard InChI is InChI=1S/C42H27N6O.Pt/c1-45-26-44-46(27-45)29-12-10-13-30(24-29)47(38-23-28-11-2-3-14-32(28)41-35-16-5-7-18-39(35)49-42(38)41)31-20-21-34-33-15-4-6-17-36(33)48(37(34)25-31)40-19-8-9-22-43-40;/h2-23,26-27H,1H3;/q-3;. The number of fused-ring (bicyclic) bond motifs is 8. The minimum absolute atomic E-state index is 0. The van der Waals surface area contributed by atoms with Crippen molar-refractivity contribution in [1.82, 2.24) is 14.5 Å². The number of para-hydroxylation sites is 2. The second kappa shape index (κ2) is 11.9. The molecule has 0 atom stereocenters. The van der Waals surface area contributed by atoms with Gasteiger partial charge in [-0.15, -0.1) is 42.4 Å². The summed E-state index contributed by atoms with van der Waals surface area (Å²) in [5, 5.41) is 13.0. The molecule has 9 aromatic rings. The van der Waals surface area contributed by atoms with Crippen molar-refractivity contribution in [3.05, 3.63) is 152 Å². The van der Waals surface area contributed by atoms with Crippen molar-refractivity contribution in [2.24, 2.45) is 5.10 Å². The summed E-state index contributed by atoms with van der Waals surface area (Å²) in [6, 6.07) is 51.3. The van der Waals surface area contributed by atoms with Crippen LogP contribution in [0.3, 0.4) is 0 Å². The number of nitrogens with zero attached hydrogens (tertiary/aromatic N) is 6. The third-order valence-corrected chi connectivity index (χ3v) is 9.18. The van der Waals surface area contributed by atoms with Crippen molar-refractivity contribution in [2.75, 3.05) is 17.0 Å². The van der Waals surface area contributed by atoms with Crippen LogP contribution in [0.2, 0.25) is 0 Å². The molecular weight excluding hydrogens is 800 g/mol. The third kappa shape index (κ3) is 4.69. The van der Waals surface area contributed by atoms with Crippen molar-refractivity contribution in [3.63, 3.8) is 0 Å². The number of rotatable bonds is 5. The summed E-state index contributed by atoms with van der Waals surface area (Å²) in [4.78, 5) is 8.87. The molecule has 0 amide bonds. The number of anilines is 4. The minimum Gasteiger partial charge on any atom is -0.493 e. The van der Waals surface area contributed by atoms with Crippen molar-refractivity contribution in [1.29, 1.82) is 0 Å². The molecule has 0 spiro atoms. The Morgan fingerprint density at radius 1 is 0.720 bits per heavy atom. The maximum absolute atomic E-state index is 6.76. The zero-order chi connectivity index (χ0) is 32.5. The maximum atomic E-state index is 6.76. The van der Waals surface area contributed by atoms with Crippen LogP contribution in [0.5, 0.6) is 0 Å². The van der Waals surface area contributed by atoms with Crippen LogP contribution in [0, 0.1) is 18.8 Å². The molecule has 6 aromatic carbocycles. The van der Waals surface area contributed by atoms with Crippen molar-refractivity contribution >= 4 is 83.6 Å². The molecule has 0 aliphatic carbocycles. The van der Waals surface area contributed by atoms with Crippen LogP contribution in [0.25, 0.3) is 60.3 Å². The van der Waals surface area contributed by atoms with E-state index in [9.17, 15) is 0 Å². The van der Waals surface area contributed by atoms with E-state index in [1.165, 1.54) is 0 Å². The second-order valence-electron chi connectivity index (χ2n) is 12.2. The van der Waals surface area contributed by atoms with Crippen LogP contribution >= 0.6 is 0 Å². The molecule has 1 aliphatic rings. The van der Waals surface area contributed by atoms with Gasteiger partial charge in [-0.1, -0.05) is 89.3 Å². The summed E-state index contributed by atoms with van der Waals surface area (Å²) >= 11 is 0. The molecule has 0 unspecified atom stereocenters. The Morgan fingerprint density at radius 3 is 2.34 bits per heavy atom. The first-order chi connectivity index (χ1) is 24.2. The number of hydrogen-bond donors (Lipinski definition) is 0. The van der Waals surface area contributed by atoms with Crippen molar-refractivity contribution in [3.8, 4) is 5.82 Å². The monoisotopic (exact) mass is 826 g/mol. The van der Waals surface area contributed by atoms with E-state index in [2.05, 4.69) is 112 Å². The van der Waals surface area contributed by atoms with Gasteiger partial charge in [0.25, 0.3) is 0 Å². The predicted molar refractivity (Wildman–Crippen MR) is 199 cm³/mol. The normalized spacial score (nSPS) is 12.9. The Labute approximate surface area is 302 Å². The Balaban J connectivity index is 0.00000336. The smallest absolute Gasteiger partial charge is 0.159 e. The van der Waals surface area contributed by atoms with Crippen LogP contribution < -0.4 is 9.91 Å². The van der Waals surface area contributed by atoms with Crippen LogP contribution in [0.4, 0.5) is 22.7 Å². The summed E-state index contributed by atoms with van der Waals surface area (Å²) in [6.07, 6.45) is 3.60. The quantitative estimate of drug-likeness (QED) is 0.162. The molecule has 3 aromatic heterocycles. The van der Waals surface area contributed by atoms with Gasteiger partial charge >= 0.3 is 0 Å². The molecule has 7 nitrogen and oxygen atoms in total. The Morgan fingerprint density at radius 2 is 1.50 bits per heavy atom. The second-order valence-corrected chi connectivity index (χ2v) is 12.2. The molecule has 0 bridgehead atoms. The van der Waals surface area contributed by atoms with Crippen LogP contribution in [0.1, 0.15) is 0 Å². The topological polar surface area (TPSA) is 53.0 Å². The summed E-state index contributed by atoms with van der Waals surface area (Å²) in [5.41, 5.74) is 7.00. The van der Waals surface area contributed by atoms with Gasteiger partial charge in [-0.3, -0.25) is 0 Å². The Hall–Kier alpha value is -5.91. The first-order valence-electron chi connectivity index (χ1n) is 16.1. The zero-order valence-electron chi connectivity index (χ0n) is 26.8. The largest absolute Gasteiger partial charge is 0.493 e. The third-order valence-electron chi connectivity index (χ3n) is 9.18. The average molecular weight is 827 g/mol. The molecule has 0 N–H and O–H groups in total. The van der Waals surface area contributed by atoms with E-state index >= 15 is 0 Å². The van der Waals surface area contributed by atoms with E-state index < -0.39 is 0 Å². The van der Waals surface area contributed by atoms with Crippen LogP contribution in [-0.2, 0) is 21.1 Å². The predicted octanol–water partition coefficient (Wildman–Crippen LogP) is 10.1. The van der Waals surface area contributed by atoms with Crippen LogP contribution in [0.15, 0.2) is 143 Å². The molecule has 1 aliphatic heterocycles. The number of pyridine rings is 1. The van der Waals surface area contributed by atoms with E-state index in [1.807, 2.05) is 72.3 Å². The van der Waals surface area contributed by atoms with Gasteiger partial charge in [0.15, 0.2) is 5.58 Å². The molecule has 50 heavy (non-hydrogen) atoms.